The van der Waals surface area contributed by atoms with Crippen LogP contribution in [-0.4, -0.2) is 38.5 Å². The summed E-state index contributed by atoms with van der Waals surface area (Å²) in [6, 6.07) is 16.2. The van der Waals surface area contributed by atoms with E-state index in [4.69, 9.17) is 18.9 Å². The van der Waals surface area contributed by atoms with E-state index in [0.717, 1.165) is 10.8 Å². The SMILES string of the molecule is CCOC(=O)C1=C(C)N=c2s/c(=C/c3ccc(OC)cc3OC)c(=O)n2[C@H]1c1c(OC)ccc2ccccc12. The van der Waals surface area contributed by atoms with Gasteiger partial charge in [-0.15, -0.1) is 0 Å². The van der Waals surface area contributed by atoms with Gasteiger partial charge in [0.15, 0.2) is 4.80 Å². The molecule has 1 aliphatic rings. The molecule has 1 atom stereocenters. The molecule has 9 heteroatoms. The van der Waals surface area contributed by atoms with Crippen LogP contribution in [0.4, 0.5) is 0 Å². The van der Waals surface area contributed by atoms with E-state index in [1.165, 1.54) is 11.3 Å². The number of esters is 1. The fourth-order valence-corrected chi connectivity index (χ4v) is 5.92. The summed E-state index contributed by atoms with van der Waals surface area (Å²) in [6.45, 7) is 3.70. The molecule has 200 valence electrons. The van der Waals surface area contributed by atoms with Gasteiger partial charge in [0.1, 0.15) is 23.3 Å². The smallest absolute Gasteiger partial charge is 0.338 e. The van der Waals surface area contributed by atoms with Gasteiger partial charge >= 0.3 is 5.97 Å². The van der Waals surface area contributed by atoms with E-state index in [-0.39, 0.29) is 12.2 Å². The van der Waals surface area contributed by atoms with Crippen LogP contribution in [-0.2, 0) is 9.53 Å². The lowest BCUT2D eigenvalue weighted by molar-refractivity contribution is -0.139. The number of ether oxygens (including phenoxy) is 4. The molecule has 8 nitrogen and oxygen atoms in total. The second-order valence-corrected chi connectivity index (χ2v) is 9.82. The van der Waals surface area contributed by atoms with E-state index in [0.29, 0.717) is 49.0 Å². The van der Waals surface area contributed by atoms with Crippen molar-refractivity contribution in [1.82, 2.24) is 4.57 Å². The zero-order valence-corrected chi connectivity index (χ0v) is 23.1. The number of nitrogens with zero attached hydrogens (tertiary/aromatic N) is 2. The minimum Gasteiger partial charge on any atom is -0.497 e. The number of hydrogen-bond donors (Lipinski definition) is 0. The molecule has 2 heterocycles. The molecule has 3 aromatic carbocycles. The molecule has 0 amide bonds. The largest absolute Gasteiger partial charge is 0.497 e. The summed E-state index contributed by atoms with van der Waals surface area (Å²) < 4.78 is 24.1. The summed E-state index contributed by atoms with van der Waals surface area (Å²) in [6.07, 6.45) is 1.77. The van der Waals surface area contributed by atoms with Crippen molar-refractivity contribution >= 4 is 34.2 Å². The number of hydrogen-bond acceptors (Lipinski definition) is 8. The van der Waals surface area contributed by atoms with Crippen LogP contribution < -0.4 is 29.1 Å². The average molecular weight is 545 g/mol. The van der Waals surface area contributed by atoms with Gasteiger partial charge in [-0.05, 0) is 48.9 Å². The summed E-state index contributed by atoms with van der Waals surface area (Å²) >= 11 is 1.25. The molecule has 39 heavy (non-hydrogen) atoms. The number of allylic oxidation sites excluding steroid dienone is 1. The first-order valence-corrected chi connectivity index (χ1v) is 13.2. The van der Waals surface area contributed by atoms with Crippen LogP contribution in [0, 0.1) is 0 Å². The summed E-state index contributed by atoms with van der Waals surface area (Å²) in [7, 11) is 4.72. The number of methoxy groups -OCH3 is 3. The number of thiazole rings is 1. The van der Waals surface area contributed by atoms with Gasteiger partial charge in [-0.3, -0.25) is 9.36 Å². The van der Waals surface area contributed by atoms with E-state index in [9.17, 15) is 9.59 Å². The predicted octanol–water partition coefficient (Wildman–Crippen LogP) is 3.98. The highest BCUT2D eigenvalue weighted by molar-refractivity contribution is 7.07. The molecule has 1 aliphatic heterocycles. The first-order chi connectivity index (χ1) is 18.9. The monoisotopic (exact) mass is 544 g/mol. The van der Waals surface area contributed by atoms with Crippen molar-refractivity contribution in [2.75, 3.05) is 27.9 Å². The zero-order chi connectivity index (χ0) is 27.7. The fraction of sp³-hybridized carbons (Fsp3) is 0.233. The molecule has 0 bridgehead atoms. The van der Waals surface area contributed by atoms with Crippen LogP contribution in [0.5, 0.6) is 17.2 Å². The van der Waals surface area contributed by atoms with Gasteiger partial charge in [0.25, 0.3) is 5.56 Å². The normalized spacial score (nSPS) is 15.1. The molecule has 0 radical (unpaired) electrons. The molecular formula is C30H28N2O6S. The minimum absolute atomic E-state index is 0.191. The van der Waals surface area contributed by atoms with Gasteiger partial charge < -0.3 is 18.9 Å². The second kappa shape index (κ2) is 10.8. The van der Waals surface area contributed by atoms with Crippen molar-refractivity contribution in [2.45, 2.75) is 19.9 Å². The Labute approximate surface area is 229 Å². The molecule has 0 spiro atoms. The highest BCUT2D eigenvalue weighted by Crippen LogP contribution is 2.40. The van der Waals surface area contributed by atoms with E-state index in [2.05, 4.69) is 4.99 Å². The number of carbonyl (C=O) groups is 1. The maximum absolute atomic E-state index is 14.1. The van der Waals surface area contributed by atoms with Crippen molar-refractivity contribution in [3.05, 3.63) is 96.7 Å². The number of benzene rings is 3. The fourth-order valence-electron chi connectivity index (χ4n) is 4.88. The summed E-state index contributed by atoms with van der Waals surface area (Å²) in [5.74, 6) is 1.24. The van der Waals surface area contributed by atoms with E-state index in [1.54, 1.807) is 58.0 Å². The van der Waals surface area contributed by atoms with E-state index in [1.807, 2.05) is 42.5 Å². The van der Waals surface area contributed by atoms with Crippen LogP contribution in [0.1, 0.15) is 31.0 Å². The van der Waals surface area contributed by atoms with Crippen molar-refractivity contribution in [1.29, 1.82) is 0 Å². The van der Waals surface area contributed by atoms with Gasteiger partial charge in [-0.1, -0.05) is 41.7 Å². The Hall–Kier alpha value is -4.37. The van der Waals surface area contributed by atoms with Crippen LogP contribution >= 0.6 is 11.3 Å². The highest BCUT2D eigenvalue weighted by Gasteiger charge is 2.36. The lowest BCUT2D eigenvalue weighted by Gasteiger charge is -2.27. The van der Waals surface area contributed by atoms with Crippen LogP contribution in [0.3, 0.4) is 0 Å². The molecule has 0 aliphatic carbocycles. The lowest BCUT2D eigenvalue weighted by atomic mass is 9.90. The number of rotatable bonds is 7. The first kappa shape index (κ1) is 26.2. The molecule has 0 saturated carbocycles. The molecule has 4 aromatic rings. The maximum atomic E-state index is 14.1. The summed E-state index contributed by atoms with van der Waals surface area (Å²) in [5.41, 5.74) is 1.91. The van der Waals surface area contributed by atoms with Gasteiger partial charge in [-0.25, -0.2) is 9.79 Å². The zero-order valence-electron chi connectivity index (χ0n) is 22.3. The number of fused-ring (bicyclic) bond motifs is 2. The first-order valence-electron chi connectivity index (χ1n) is 12.4. The third-order valence-electron chi connectivity index (χ3n) is 6.67. The maximum Gasteiger partial charge on any atom is 0.338 e. The van der Waals surface area contributed by atoms with Gasteiger partial charge in [0, 0.05) is 17.2 Å². The number of carbonyl (C=O) groups excluding carboxylic acids is 1. The van der Waals surface area contributed by atoms with Crippen molar-refractivity contribution in [3.8, 4) is 17.2 Å². The third-order valence-corrected chi connectivity index (χ3v) is 7.65. The van der Waals surface area contributed by atoms with Crippen LogP contribution in [0.25, 0.3) is 16.8 Å². The molecule has 0 fully saturated rings. The van der Waals surface area contributed by atoms with E-state index < -0.39 is 12.0 Å². The average Bonchev–Trinajstić information content (AvgIpc) is 3.25. The summed E-state index contributed by atoms with van der Waals surface area (Å²) in [4.78, 5) is 32.6. The quantitative estimate of drug-likeness (QED) is 0.327. The van der Waals surface area contributed by atoms with Gasteiger partial charge in [0.05, 0.1) is 43.7 Å². The molecule has 1 aromatic heterocycles. The Balaban J connectivity index is 1.83. The Morgan fingerprint density at radius 3 is 2.51 bits per heavy atom. The second-order valence-electron chi connectivity index (χ2n) is 8.81. The van der Waals surface area contributed by atoms with Crippen LogP contribution in [0.15, 0.2) is 75.7 Å². The molecular weight excluding hydrogens is 516 g/mol. The van der Waals surface area contributed by atoms with Crippen molar-refractivity contribution in [3.63, 3.8) is 0 Å². The molecule has 0 saturated heterocycles. The van der Waals surface area contributed by atoms with Gasteiger partial charge in [-0.2, -0.15) is 0 Å². The van der Waals surface area contributed by atoms with Gasteiger partial charge in [0.2, 0.25) is 0 Å². The predicted molar refractivity (Wildman–Crippen MR) is 150 cm³/mol. The van der Waals surface area contributed by atoms with Crippen LogP contribution in [0.2, 0.25) is 0 Å². The van der Waals surface area contributed by atoms with E-state index >= 15 is 0 Å². The Kier molecular flexibility index (Phi) is 7.26. The highest BCUT2D eigenvalue weighted by atomic mass is 32.1. The standard InChI is InChI=1S/C30H28N2O6S/c1-6-38-29(34)25-17(2)31-30-32(27(25)26-21-10-8-7-9-18(21)12-14-22(26)36-4)28(33)24(39-30)15-19-11-13-20(35-3)16-23(19)37-5/h7-16,27H,6H2,1-5H3/b24-15+/t27-/m1/s1. The topological polar surface area (TPSA) is 88.4 Å². The molecule has 0 unspecified atom stereocenters. The molecule has 0 N–H and O–H groups in total. The third kappa shape index (κ3) is 4.59. The van der Waals surface area contributed by atoms with Crippen molar-refractivity contribution < 1.29 is 23.7 Å². The number of aromatic nitrogens is 1. The minimum atomic E-state index is -0.804. The summed E-state index contributed by atoms with van der Waals surface area (Å²) in [5, 5.41) is 1.82. The Bertz CT molecular complexity index is 1800. The lowest BCUT2D eigenvalue weighted by Crippen LogP contribution is -2.40. The Morgan fingerprint density at radius 2 is 1.79 bits per heavy atom. The Morgan fingerprint density at radius 1 is 1.03 bits per heavy atom. The van der Waals surface area contributed by atoms with Crippen molar-refractivity contribution in [2.24, 2.45) is 4.99 Å². The molecule has 5 rings (SSSR count).